The van der Waals surface area contributed by atoms with Gasteiger partial charge in [0.15, 0.2) is 0 Å². The van der Waals surface area contributed by atoms with E-state index < -0.39 is 17.5 Å². The Morgan fingerprint density at radius 3 is 2.41 bits per heavy atom. The number of piperidine rings is 1. The number of carbonyl (C=O) groups is 2. The van der Waals surface area contributed by atoms with Crippen LogP contribution in [0.15, 0.2) is 42.5 Å². The highest BCUT2D eigenvalue weighted by Crippen LogP contribution is 2.36. The average molecular weight is 398 g/mol. The molecular formula is C23H24F2N2O2. The van der Waals surface area contributed by atoms with Gasteiger partial charge in [0.1, 0.15) is 11.6 Å². The van der Waals surface area contributed by atoms with Crippen molar-refractivity contribution < 1.29 is 18.4 Å². The molecule has 152 valence electrons. The molecule has 1 saturated carbocycles. The number of likely N-dealkylation sites (tertiary alicyclic amines) is 1. The fourth-order valence-corrected chi connectivity index (χ4v) is 4.61. The van der Waals surface area contributed by atoms with Gasteiger partial charge >= 0.3 is 0 Å². The van der Waals surface area contributed by atoms with Crippen LogP contribution in [0, 0.1) is 17.6 Å². The van der Waals surface area contributed by atoms with Crippen molar-refractivity contribution in [3.63, 3.8) is 0 Å². The molecule has 2 aliphatic rings. The lowest BCUT2D eigenvalue weighted by molar-refractivity contribution is 0.0390. The number of halogens is 2. The smallest absolute Gasteiger partial charge is 0.258 e. The predicted molar refractivity (Wildman–Crippen MR) is 107 cm³/mol. The molecule has 1 heterocycles. The quantitative estimate of drug-likeness (QED) is 0.790. The number of benzene rings is 2. The minimum Gasteiger partial charge on any atom is -0.335 e. The number of hydrogen-bond acceptors (Lipinski definition) is 2. The standard InChI is InChI=1S/C23H24F2N2O2/c24-17-9-12-19(20(25)14-17)22(28)26-18-10-7-16(8-11-18)23(29)27-13-3-5-15-4-1-2-6-21(15)27/h7-12,14-15,21H,1-6,13H2,(H,26,28)/t15?,21-/m0/s1. The molecule has 1 unspecified atom stereocenters. The zero-order valence-electron chi connectivity index (χ0n) is 16.2. The molecule has 1 N–H and O–H groups in total. The molecule has 1 aliphatic carbocycles. The van der Waals surface area contributed by atoms with Crippen molar-refractivity contribution >= 4 is 17.5 Å². The van der Waals surface area contributed by atoms with Crippen LogP contribution in [0.1, 0.15) is 59.2 Å². The maximum Gasteiger partial charge on any atom is 0.258 e. The summed E-state index contributed by atoms with van der Waals surface area (Å²) in [6.45, 7) is 0.794. The Labute approximate surface area is 168 Å². The van der Waals surface area contributed by atoms with Crippen molar-refractivity contribution in [1.29, 1.82) is 0 Å². The second kappa shape index (κ2) is 8.31. The number of hydrogen-bond donors (Lipinski definition) is 1. The van der Waals surface area contributed by atoms with Crippen LogP contribution in [0.25, 0.3) is 0 Å². The van der Waals surface area contributed by atoms with E-state index >= 15 is 0 Å². The van der Waals surface area contributed by atoms with E-state index in [1.54, 1.807) is 24.3 Å². The van der Waals surface area contributed by atoms with Gasteiger partial charge in [-0.2, -0.15) is 0 Å². The van der Waals surface area contributed by atoms with Crippen molar-refractivity contribution in [2.24, 2.45) is 5.92 Å². The van der Waals surface area contributed by atoms with Crippen LogP contribution in [0.2, 0.25) is 0 Å². The van der Waals surface area contributed by atoms with E-state index in [-0.39, 0.29) is 11.5 Å². The molecule has 0 bridgehead atoms. The first-order chi connectivity index (χ1) is 14.0. The van der Waals surface area contributed by atoms with Gasteiger partial charge in [0.25, 0.3) is 11.8 Å². The Hall–Kier alpha value is -2.76. The second-order valence-corrected chi connectivity index (χ2v) is 7.91. The number of anilines is 1. The normalized spacial score (nSPS) is 21.4. The van der Waals surface area contributed by atoms with Gasteiger partial charge in [0, 0.05) is 29.9 Å². The average Bonchev–Trinajstić information content (AvgIpc) is 2.73. The summed E-state index contributed by atoms with van der Waals surface area (Å²) in [5.74, 6) is -1.67. The molecule has 0 spiro atoms. The lowest BCUT2D eigenvalue weighted by atomic mass is 9.78. The zero-order chi connectivity index (χ0) is 20.4. The number of amides is 2. The van der Waals surface area contributed by atoms with Crippen molar-refractivity contribution in [3.8, 4) is 0 Å². The monoisotopic (exact) mass is 398 g/mol. The van der Waals surface area contributed by atoms with Gasteiger partial charge in [-0.05, 0) is 68.0 Å². The van der Waals surface area contributed by atoms with Crippen molar-refractivity contribution in [2.75, 3.05) is 11.9 Å². The predicted octanol–water partition coefficient (Wildman–Crippen LogP) is 5.01. The van der Waals surface area contributed by atoms with Gasteiger partial charge in [-0.1, -0.05) is 12.8 Å². The number of nitrogens with zero attached hydrogens (tertiary/aromatic N) is 1. The summed E-state index contributed by atoms with van der Waals surface area (Å²) in [6, 6.07) is 9.80. The van der Waals surface area contributed by atoms with E-state index in [9.17, 15) is 18.4 Å². The Bertz CT molecular complexity index is 912. The maximum absolute atomic E-state index is 13.8. The third kappa shape index (κ3) is 4.16. The summed E-state index contributed by atoms with van der Waals surface area (Å²) in [5, 5.41) is 2.58. The molecule has 4 nitrogen and oxygen atoms in total. The Kier molecular flexibility index (Phi) is 5.60. The van der Waals surface area contributed by atoms with E-state index in [2.05, 4.69) is 5.32 Å². The molecular weight excluding hydrogens is 374 g/mol. The molecule has 2 aromatic carbocycles. The summed E-state index contributed by atoms with van der Waals surface area (Å²) in [6.07, 6.45) is 6.97. The molecule has 29 heavy (non-hydrogen) atoms. The van der Waals surface area contributed by atoms with Gasteiger partial charge in [0.2, 0.25) is 0 Å². The zero-order valence-corrected chi connectivity index (χ0v) is 16.2. The third-order valence-corrected chi connectivity index (χ3v) is 6.07. The fraction of sp³-hybridized carbons (Fsp3) is 0.391. The molecule has 6 heteroatoms. The molecule has 0 aromatic heterocycles. The molecule has 2 fully saturated rings. The summed E-state index contributed by atoms with van der Waals surface area (Å²) in [7, 11) is 0. The summed E-state index contributed by atoms with van der Waals surface area (Å²) in [5.41, 5.74) is 0.801. The number of carbonyl (C=O) groups excluding carboxylic acids is 2. The highest BCUT2D eigenvalue weighted by atomic mass is 19.1. The lowest BCUT2D eigenvalue weighted by Gasteiger charge is -2.44. The van der Waals surface area contributed by atoms with E-state index in [0.717, 1.165) is 31.5 Å². The number of fused-ring (bicyclic) bond motifs is 1. The Morgan fingerprint density at radius 1 is 0.931 bits per heavy atom. The van der Waals surface area contributed by atoms with E-state index in [1.807, 2.05) is 4.90 Å². The molecule has 2 atom stereocenters. The highest BCUT2D eigenvalue weighted by Gasteiger charge is 2.35. The number of rotatable bonds is 3. The molecule has 1 aliphatic heterocycles. The van der Waals surface area contributed by atoms with Crippen LogP contribution in [-0.2, 0) is 0 Å². The second-order valence-electron chi connectivity index (χ2n) is 7.91. The van der Waals surface area contributed by atoms with Crippen LogP contribution < -0.4 is 5.32 Å². The maximum atomic E-state index is 13.8. The van der Waals surface area contributed by atoms with E-state index in [0.29, 0.717) is 29.3 Å². The van der Waals surface area contributed by atoms with Gasteiger partial charge in [-0.25, -0.2) is 8.78 Å². The first-order valence-electron chi connectivity index (χ1n) is 10.2. The lowest BCUT2D eigenvalue weighted by Crippen LogP contribution is -2.49. The van der Waals surface area contributed by atoms with E-state index in [4.69, 9.17) is 0 Å². The SMILES string of the molecule is O=C(Nc1ccc(C(=O)N2CCCC3CCCC[C@@H]32)cc1)c1ccc(F)cc1F. The minimum absolute atomic E-state index is 0.0315. The summed E-state index contributed by atoms with van der Waals surface area (Å²) >= 11 is 0. The molecule has 4 rings (SSSR count). The molecule has 0 radical (unpaired) electrons. The minimum atomic E-state index is -0.915. The number of nitrogens with one attached hydrogen (secondary N) is 1. The van der Waals surface area contributed by atoms with E-state index in [1.165, 1.54) is 25.7 Å². The van der Waals surface area contributed by atoms with Crippen molar-refractivity contribution in [2.45, 2.75) is 44.6 Å². The topological polar surface area (TPSA) is 49.4 Å². The third-order valence-electron chi connectivity index (χ3n) is 6.07. The van der Waals surface area contributed by atoms with Gasteiger partial charge in [-0.15, -0.1) is 0 Å². The molecule has 2 amide bonds. The van der Waals surface area contributed by atoms with Crippen LogP contribution >= 0.6 is 0 Å². The van der Waals surface area contributed by atoms with Crippen LogP contribution in [0.4, 0.5) is 14.5 Å². The van der Waals surface area contributed by atoms with Gasteiger partial charge in [0.05, 0.1) is 5.56 Å². The Balaban J connectivity index is 1.44. The largest absolute Gasteiger partial charge is 0.335 e. The summed E-state index contributed by atoms with van der Waals surface area (Å²) in [4.78, 5) is 27.3. The molecule has 2 aromatic rings. The summed E-state index contributed by atoms with van der Waals surface area (Å²) < 4.78 is 26.8. The van der Waals surface area contributed by atoms with Crippen LogP contribution in [0.5, 0.6) is 0 Å². The van der Waals surface area contributed by atoms with Gasteiger partial charge < -0.3 is 10.2 Å². The highest BCUT2D eigenvalue weighted by molar-refractivity contribution is 6.04. The Morgan fingerprint density at radius 2 is 1.66 bits per heavy atom. The van der Waals surface area contributed by atoms with Crippen LogP contribution in [0.3, 0.4) is 0 Å². The first kappa shape index (κ1) is 19.6. The van der Waals surface area contributed by atoms with Crippen molar-refractivity contribution in [1.82, 2.24) is 4.90 Å². The fourth-order valence-electron chi connectivity index (χ4n) is 4.61. The van der Waals surface area contributed by atoms with Crippen LogP contribution in [-0.4, -0.2) is 29.3 Å². The molecule has 1 saturated heterocycles. The van der Waals surface area contributed by atoms with Gasteiger partial charge in [-0.3, -0.25) is 9.59 Å². The first-order valence-corrected chi connectivity index (χ1v) is 10.2. The van der Waals surface area contributed by atoms with Crippen molar-refractivity contribution in [3.05, 3.63) is 65.2 Å².